The molecule has 0 aliphatic heterocycles. The Morgan fingerprint density at radius 1 is 1.40 bits per heavy atom. The highest BCUT2D eigenvalue weighted by atomic mass is 35.5. The van der Waals surface area contributed by atoms with Gasteiger partial charge in [0, 0.05) is 11.6 Å². The number of carbonyl (C=O) groups is 1. The number of hydrogen-bond acceptors (Lipinski definition) is 2. The lowest BCUT2D eigenvalue weighted by molar-refractivity contribution is 0.100. The van der Waals surface area contributed by atoms with E-state index in [1.165, 1.54) is 18.3 Å². The summed E-state index contributed by atoms with van der Waals surface area (Å²) in [5, 5.41) is 1.26. The molecule has 4 nitrogen and oxygen atoms in total. The number of hydrogen-bond donors (Lipinski definition) is 2. The molecule has 0 atom stereocenters. The number of carbonyl (C=O) groups excluding carboxylic acids is 1. The number of H-pyrrole nitrogens is 1. The number of nitrogens with one attached hydrogen (secondary N) is 1. The van der Waals surface area contributed by atoms with E-state index in [1.807, 2.05) is 0 Å². The van der Waals surface area contributed by atoms with Crippen LogP contribution in [0, 0.1) is 0 Å². The second kappa shape index (κ2) is 3.40. The summed E-state index contributed by atoms with van der Waals surface area (Å²) < 4.78 is 0. The van der Waals surface area contributed by atoms with Gasteiger partial charge in [-0.05, 0) is 23.6 Å². The summed E-state index contributed by atoms with van der Waals surface area (Å²) in [6.07, 6.45) is 1.50. The molecule has 0 aliphatic rings. The van der Waals surface area contributed by atoms with E-state index in [4.69, 9.17) is 17.3 Å². The molecule has 0 radical (unpaired) electrons. The minimum atomic E-state index is -0.609. The van der Waals surface area contributed by atoms with Crippen LogP contribution in [0.25, 0.3) is 10.8 Å². The zero-order chi connectivity index (χ0) is 11.0. The number of rotatable bonds is 1. The van der Waals surface area contributed by atoms with Gasteiger partial charge in [-0.25, -0.2) is 0 Å². The molecule has 3 N–H and O–H groups in total. The predicted molar refractivity (Wildman–Crippen MR) is 58.1 cm³/mol. The monoisotopic (exact) mass is 222 g/mol. The summed E-state index contributed by atoms with van der Waals surface area (Å²) in [6, 6.07) is 4.63. The Bertz CT molecular complexity index is 604. The quantitative estimate of drug-likeness (QED) is 0.763. The topological polar surface area (TPSA) is 76.0 Å². The molecule has 2 rings (SSSR count). The molecule has 0 unspecified atom stereocenters. The van der Waals surface area contributed by atoms with E-state index in [1.54, 1.807) is 6.07 Å². The van der Waals surface area contributed by atoms with Gasteiger partial charge in [0.25, 0.3) is 5.56 Å². The van der Waals surface area contributed by atoms with Gasteiger partial charge in [0.1, 0.15) is 0 Å². The Hall–Kier alpha value is -1.81. The van der Waals surface area contributed by atoms with Crippen LogP contribution in [0.4, 0.5) is 0 Å². The van der Waals surface area contributed by atoms with E-state index in [-0.39, 0.29) is 16.1 Å². The number of primary amides is 1. The van der Waals surface area contributed by atoms with Gasteiger partial charge < -0.3 is 10.7 Å². The van der Waals surface area contributed by atoms with Crippen LogP contribution in [0.5, 0.6) is 0 Å². The fourth-order valence-corrected chi connectivity index (χ4v) is 1.66. The fraction of sp³-hybridized carbons (Fsp3) is 0. The maximum absolute atomic E-state index is 11.4. The fourth-order valence-electron chi connectivity index (χ4n) is 1.40. The molecule has 0 spiro atoms. The molecule has 1 aromatic carbocycles. The first kappa shape index (κ1) is 9.73. The second-order valence-corrected chi connectivity index (χ2v) is 3.50. The summed E-state index contributed by atoms with van der Waals surface area (Å²) >= 11 is 5.82. The molecule has 5 heteroatoms. The van der Waals surface area contributed by atoms with Crippen LogP contribution in [0.15, 0.2) is 29.2 Å². The van der Waals surface area contributed by atoms with Crippen LogP contribution in [0.1, 0.15) is 10.4 Å². The second-order valence-electron chi connectivity index (χ2n) is 3.09. The third-order valence-corrected chi connectivity index (χ3v) is 2.44. The van der Waals surface area contributed by atoms with Crippen molar-refractivity contribution in [3.05, 3.63) is 45.3 Å². The summed E-state index contributed by atoms with van der Waals surface area (Å²) in [4.78, 5) is 24.9. The molecule has 76 valence electrons. The number of pyridine rings is 1. The maximum atomic E-state index is 11.4. The highest BCUT2D eigenvalue weighted by molar-refractivity contribution is 6.34. The Balaban J connectivity index is 2.88. The van der Waals surface area contributed by atoms with Crippen LogP contribution < -0.4 is 11.3 Å². The Morgan fingerprint density at radius 2 is 2.13 bits per heavy atom. The van der Waals surface area contributed by atoms with Crippen molar-refractivity contribution in [1.82, 2.24) is 4.98 Å². The van der Waals surface area contributed by atoms with E-state index >= 15 is 0 Å². The van der Waals surface area contributed by atoms with Crippen molar-refractivity contribution in [1.29, 1.82) is 0 Å². The van der Waals surface area contributed by atoms with Crippen molar-refractivity contribution in [2.75, 3.05) is 0 Å². The Labute approximate surface area is 89.7 Å². The van der Waals surface area contributed by atoms with Gasteiger partial charge in [-0.1, -0.05) is 11.6 Å². The molecular weight excluding hydrogens is 216 g/mol. The van der Waals surface area contributed by atoms with Gasteiger partial charge >= 0.3 is 0 Å². The maximum Gasteiger partial charge on any atom is 0.255 e. The van der Waals surface area contributed by atoms with Crippen LogP contribution >= 0.6 is 11.6 Å². The van der Waals surface area contributed by atoms with E-state index in [0.29, 0.717) is 10.8 Å². The Kier molecular flexibility index (Phi) is 2.21. The average Bonchev–Trinajstić information content (AvgIpc) is 2.18. The number of halogens is 1. The highest BCUT2D eigenvalue weighted by Crippen LogP contribution is 2.21. The van der Waals surface area contributed by atoms with Gasteiger partial charge in [0.05, 0.1) is 10.6 Å². The van der Waals surface area contributed by atoms with Gasteiger partial charge in [-0.3, -0.25) is 9.59 Å². The van der Waals surface area contributed by atoms with Crippen molar-refractivity contribution < 1.29 is 4.79 Å². The summed E-state index contributed by atoms with van der Waals surface area (Å²) in [7, 11) is 0. The van der Waals surface area contributed by atoms with Gasteiger partial charge in [-0.15, -0.1) is 0 Å². The highest BCUT2D eigenvalue weighted by Gasteiger charge is 2.09. The molecule has 2 aromatic rings. The lowest BCUT2D eigenvalue weighted by Crippen LogP contribution is -2.12. The van der Waals surface area contributed by atoms with Gasteiger partial charge in [0.2, 0.25) is 5.91 Å². The number of aromatic amines is 1. The van der Waals surface area contributed by atoms with E-state index in [2.05, 4.69) is 4.98 Å². The van der Waals surface area contributed by atoms with Crippen molar-refractivity contribution >= 4 is 28.3 Å². The van der Waals surface area contributed by atoms with Crippen LogP contribution in [0.3, 0.4) is 0 Å². The first-order valence-corrected chi connectivity index (χ1v) is 4.58. The molecule has 0 saturated carbocycles. The van der Waals surface area contributed by atoms with Crippen molar-refractivity contribution in [3.63, 3.8) is 0 Å². The van der Waals surface area contributed by atoms with Gasteiger partial charge in [0.15, 0.2) is 0 Å². The normalized spacial score (nSPS) is 10.5. The zero-order valence-corrected chi connectivity index (χ0v) is 8.34. The van der Waals surface area contributed by atoms with E-state index in [9.17, 15) is 9.59 Å². The minimum Gasteiger partial charge on any atom is -0.366 e. The van der Waals surface area contributed by atoms with Crippen LogP contribution in [0.2, 0.25) is 5.02 Å². The van der Waals surface area contributed by atoms with Crippen LogP contribution in [-0.4, -0.2) is 10.9 Å². The predicted octanol–water partition coefficient (Wildman–Crippen LogP) is 1.28. The number of amides is 1. The smallest absolute Gasteiger partial charge is 0.255 e. The number of aromatic nitrogens is 1. The lowest BCUT2D eigenvalue weighted by atomic mass is 10.1. The SMILES string of the molecule is NC(=O)c1cc2cc[nH]c(=O)c2cc1Cl. The van der Waals surface area contributed by atoms with E-state index in [0.717, 1.165) is 0 Å². The molecule has 1 amide bonds. The molecule has 0 fully saturated rings. The third-order valence-electron chi connectivity index (χ3n) is 2.13. The van der Waals surface area contributed by atoms with Crippen molar-refractivity contribution in [2.45, 2.75) is 0 Å². The summed E-state index contributed by atoms with van der Waals surface area (Å²) in [5.74, 6) is -0.609. The number of benzene rings is 1. The Morgan fingerprint density at radius 3 is 2.80 bits per heavy atom. The molecule has 1 aromatic heterocycles. The lowest BCUT2D eigenvalue weighted by Gasteiger charge is -2.02. The molecular formula is C10H7ClN2O2. The van der Waals surface area contributed by atoms with Gasteiger partial charge in [-0.2, -0.15) is 0 Å². The molecule has 15 heavy (non-hydrogen) atoms. The largest absolute Gasteiger partial charge is 0.366 e. The third kappa shape index (κ3) is 1.59. The average molecular weight is 223 g/mol. The van der Waals surface area contributed by atoms with Crippen molar-refractivity contribution in [3.8, 4) is 0 Å². The first-order valence-electron chi connectivity index (χ1n) is 4.20. The van der Waals surface area contributed by atoms with Crippen molar-refractivity contribution in [2.24, 2.45) is 5.73 Å². The zero-order valence-electron chi connectivity index (χ0n) is 7.58. The summed E-state index contributed by atoms with van der Waals surface area (Å²) in [6.45, 7) is 0. The van der Waals surface area contributed by atoms with E-state index < -0.39 is 5.91 Å². The number of fused-ring (bicyclic) bond motifs is 1. The summed E-state index contributed by atoms with van der Waals surface area (Å²) in [5.41, 5.74) is 5.11. The molecule has 0 bridgehead atoms. The number of nitrogens with two attached hydrogens (primary N) is 1. The standard InChI is InChI=1S/C10H7ClN2O2/c11-8-4-6-5(1-2-13-10(6)15)3-7(8)9(12)14/h1-4H,(H2,12,14)(H,13,15). The molecule has 0 saturated heterocycles. The molecule has 1 heterocycles. The molecule has 0 aliphatic carbocycles. The van der Waals surface area contributed by atoms with Crippen LogP contribution in [-0.2, 0) is 0 Å². The minimum absolute atomic E-state index is 0.187. The first-order chi connectivity index (χ1) is 7.09.